The first-order valence-electron chi connectivity index (χ1n) is 14.1. The first-order chi connectivity index (χ1) is 15.6. The Morgan fingerprint density at radius 1 is 1.03 bits per heavy atom. The van der Waals surface area contributed by atoms with Crippen molar-refractivity contribution in [3.05, 3.63) is 0 Å². The number of fused-ring (bicyclic) bond motifs is 5. The first kappa shape index (κ1) is 23.9. The number of likely N-dealkylation sites (tertiary alicyclic amines) is 1. The van der Waals surface area contributed by atoms with E-state index in [0.29, 0.717) is 36.2 Å². The smallest absolute Gasteiger partial charge is 0.409 e. The molecule has 4 saturated carbocycles. The van der Waals surface area contributed by atoms with E-state index >= 15 is 0 Å². The molecule has 5 aliphatic rings. The van der Waals surface area contributed by atoms with Gasteiger partial charge in [0.2, 0.25) is 0 Å². The van der Waals surface area contributed by atoms with Crippen LogP contribution in [0.1, 0.15) is 98.3 Å². The third-order valence-electron chi connectivity index (χ3n) is 12.1. The molecular weight excluding hydrogens is 410 g/mol. The van der Waals surface area contributed by atoms with Gasteiger partial charge < -0.3 is 21.1 Å². The zero-order valence-corrected chi connectivity index (χ0v) is 21.7. The topological polar surface area (TPSA) is 81.6 Å². The lowest BCUT2D eigenvalue weighted by Gasteiger charge is -2.70. The van der Waals surface area contributed by atoms with Crippen molar-refractivity contribution < 1.29 is 9.53 Å². The lowest BCUT2D eigenvalue weighted by atomic mass is 9.37. The fourth-order valence-electron chi connectivity index (χ4n) is 10.2. The summed E-state index contributed by atoms with van der Waals surface area (Å²) in [4.78, 5) is 14.1. The van der Waals surface area contributed by atoms with Gasteiger partial charge in [-0.15, -0.1) is 0 Å². The van der Waals surface area contributed by atoms with E-state index in [4.69, 9.17) is 16.2 Å². The molecule has 33 heavy (non-hydrogen) atoms. The van der Waals surface area contributed by atoms with Gasteiger partial charge in [-0.3, -0.25) is 0 Å². The minimum Gasteiger partial charge on any atom is -0.449 e. The molecule has 9 atom stereocenters. The molecule has 7 unspecified atom stereocenters. The molecule has 1 saturated heterocycles. The minimum absolute atomic E-state index is 0.0440. The Morgan fingerprint density at radius 2 is 1.76 bits per heavy atom. The number of carbonyl (C=O) groups excluding carboxylic acids is 1. The van der Waals surface area contributed by atoms with Crippen molar-refractivity contribution in [1.29, 1.82) is 0 Å². The molecule has 5 heteroatoms. The van der Waals surface area contributed by atoms with E-state index in [1.807, 2.05) is 4.90 Å². The van der Waals surface area contributed by atoms with Gasteiger partial charge in [0.25, 0.3) is 0 Å². The lowest BCUT2D eigenvalue weighted by molar-refractivity contribution is -0.163. The average Bonchev–Trinajstić information content (AvgIpc) is 3.09. The highest BCUT2D eigenvalue weighted by atomic mass is 16.6. The van der Waals surface area contributed by atoms with E-state index in [2.05, 4.69) is 27.7 Å². The first-order valence-corrected chi connectivity index (χ1v) is 14.1. The molecule has 0 aromatic rings. The molecule has 0 aromatic heterocycles. The summed E-state index contributed by atoms with van der Waals surface area (Å²) in [5.74, 6) is 2.58. The van der Waals surface area contributed by atoms with Crippen molar-refractivity contribution >= 4 is 6.09 Å². The fourth-order valence-corrected chi connectivity index (χ4v) is 10.2. The highest BCUT2D eigenvalue weighted by Crippen LogP contribution is 2.70. The van der Waals surface area contributed by atoms with Crippen LogP contribution >= 0.6 is 0 Å². The average molecular weight is 460 g/mol. The molecule has 5 fully saturated rings. The van der Waals surface area contributed by atoms with Gasteiger partial charge in [-0.2, -0.15) is 0 Å². The molecule has 4 N–H and O–H groups in total. The third kappa shape index (κ3) is 3.27. The number of carbonyl (C=O) groups is 1. The number of hydrogen-bond donors (Lipinski definition) is 2. The van der Waals surface area contributed by atoms with Crippen molar-refractivity contribution in [3.8, 4) is 0 Å². The van der Waals surface area contributed by atoms with Gasteiger partial charge >= 0.3 is 6.09 Å². The Balaban J connectivity index is 1.37. The number of nitrogens with zero attached hydrogens (tertiary/aromatic N) is 1. The predicted octanol–water partition coefficient (Wildman–Crippen LogP) is 5.31. The second kappa shape index (κ2) is 8.11. The SMILES string of the molecule is CC[C@H]1CC2(N)C3CCC(C(C)COC(=O)N4CCC4)C3(C)CC[C@@H]2C2(C)CCCCC12N. The highest BCUT2D eigenvalue weighted by Gasteiger charge is 2.70. The molecule has 1 aliphatic heterocycles. The van der Waals surface area contributed by atoms with Gasteiger partial charge in [0, 0.05) is 24.2 Å². The van der Waals surface area contributed by atoms with Crippen LogP contribution in [0.4, 0.5) is 4.79 Å². The highest BCUT2D eigenvalue weighted by molar-refractivity contribution is 5.68. The molecule has 188 valence electrons. The van der Waals surface area contributed by atoms with E-state index in [9.17, 15) is 4.79 Å². The molecule has 0 bridgehead atoms. The Hall–Kier alpha value is -0.810. The second-order valence-corrected chi connectivity index (χ2v) is 13.3. The van der Waals surface area contributed by atoms with Gasteiger partial charge in [0.1, 0.15) is 0 Å². The van der Waals surface area contributed by atoms with Crippen LogP contribution in [0.2, 0.25) is 0 Å². The minimum atomic E-state index is -0.116. The molecular formula is C28H49N3O2. The largest absolute Gasteiger partial charge is 0.449 e. The van der Waals surface area contributed by atoms with Crippen LogP contribution in [0, 0.1) is 40.4 Å². The molecule has 1 heterocycles. The van der Waals surface area contributed by atoms with E-state index in [1.54, 1.807) is 0 Å². The van der Waals surface area contributed by atoms with Crippen LogP contribution in [-0.4, -0.2) is 41.8 Å². The molecule has 0 radical (unpaired) electrons. The number of ether oxygens (including phenoxy) is 1. The number of hydrogen-bond acceptors (Lipinski definition) is 4. The zero-order valence-electron chi connectivity index (χ0n) is 21.7. The Bertz CT molecular complexity index is 770. The van der Waals surface area contributed by atoms with Gasteiger partial charge in [-0.1, -0.05) is 47.0 Å². The van der Waals surface area contributed by atoms with Crippen LogP contribution in [0.15, 0.2) is 0 Å². The maximum absolute atomic E-state index is 12.3. The van der Waals surface area contributed by atoms with Crippen LogP contribution in [-0.2, 0) is 4.74 Å². The van der Waals surface area contributed by atoms with Gasteiger partial charge in [-0.05, 0) is 91.8 Å². The summed E-state index contributed by atoms with van der Waals surface area (Å²) in [6, 6.07) is 0. The number of rotatable bonds is 4. The summed E-state index contributed by atoms with van der Waals surface area (Å²) >= 11 is 0. The van der Waals surface area contributed by atoms with Crippen molar-refractivity contribution in [2.75, 3.05) is 19.7 Å². The Kier molecular flexibility index (Phi) is 5.88. The Morgan fingerprint density at radius 3 is 2.42 bits per heavy atom. The monoisotopic (exact) mass is 459 g/mol. The van der Waals surface area contributed by atoms with Gasteiger partial charge in [0.15, 0.2) is 0 Å². The summed E-state index contributed by atoms with van der Waals surface area (Å²) in [5.41, 5.74) is 15.3. The van der Waals surface area contributed by atoms with Crippen LogP contribution in [0.25, 0.3) is 0 Å². The second-order valence-electron chi connectivity index (χ2n) is 13.3. The van der Waals surface area contributed by atoms with Crippen LogP contribution in [0.3, 0.4) is 0 Å². The summed E-state index contributed by atoms with van der Waals surface area (Å²) in [6.45, 7) is 12.0. The molecule has 5 nitrogen and oxygen atoms in total. The van der Waals surface area contributed by atoms with Crippen molar-refractivity contribution in [2.45, 2.75) is 109 Å². The molecule has 4 aliphatic carbocycles. The predicted molar refractivity (Wildman–Crippen MR) is 133 cm³/mol. The Labute approximate surface area is 201 Å². The zero-order chi connectivity index (χ0) is 23.6. The normalized spacial score (nSPS) is 49.9. The summed E-state index contributed by atoms with van der Waals surface area (Å²) in [5, 5.41) is 0. The quantitative estimate of drug-likeness (QED) is 0.597. The summed E-state index contributed by atoms with van der Waals surface area (Å²) in [7, 11) is 0. The van der Waals surface area contributed by atoms with E-state index in [0.717, 1.165) is 32.4 Å². The standard InChI is InChI=1S/C28H49N3O2/c1-5-20-17-27(29)22-10-9-21(19(2)18-33-24(32)31-15-8-16-31)25(22,3)14-11-23(27)26(4)12-6-7-13-28(20,26)30/h19-23H,5-18,29-30H2,1-4H3/t19?,20-,21?,22?,23+,25?,26?,27?,28?/m0/s1. The molecule has 0 spiro atoms. The fraction of sp³-hybridized carbons (Fsp3) is 0.964. The third-order valence-corrected chi connectivity index (χ3v) is 12.1. The molecule has 5 rings (SSSR count). The molecule has 1 amide bonds. The van der Waals surface area contributed by atoms with E-state index in [1.165, 1.54) is 51.4 Å². The maximum Gasteiger partial charge on any atom is 0.409 e. The summed E-state index contributed by atoms with van der Waals surface area (Å²) in [6.07, 6.45) is 13.2. The van der Waals surface area contributed by atoms with E-state index < -0.39 is 0 Å². The summed E-state index contributed by atoms with van der Waals surface area (Å²) < 4.78 is 5.75. The maximum atomic E-state index is 12.3. The number of amides is 1. The van der Waals surface area contributed by atoms with Crippen molar-refractivity contribution in [1.82, 2.24) is 4.90 Å². The lowest BCUT2D eigenvalue weighted by Crippen LogP contribution is -2.77. The number of nitrogens with two attached hydrogens (primary N) is 2. The van der Waals surface area contributed by atoms with Crippen molar-refractivity contribution in [2.24, 2.45) is 51.9 Å². The van der Waals surface area contributed by atoms with Gasteiger partial charge in [0.05, 0.1) is 6.61 Å². The van der Waals surface area contributed by atoms with Crippen LogP contribution in [0.5, 0.6) is 0 Å². The molecule has 0 aromatic carbocycles. The van der Waals surface area contributed by atoms with E-state index in [-0.39, 0.29) is 28.0 Å². The van der Waals surface area contributed by atoms with Crippen molar-refractivity contribution in [3.63, 3.8) is 0 Å². The van der Waals surface area contributed by atoms with Crippen LogP contribution < -0.4 is 11.5 Å². The van der Waals surface area contributed by atoms with Gasteiger partial charge in [-0.25, -0.2) is 4.79 Å².